The fraction of sp³-hybridized carbons (Fsp3) is 0.367. The molecule has 3 aromatic rings. The summed E-state index contributed by atoms with van der Waals surface area (Å²) in [7, 11) is 1.62. The quantitative estimate of drug-likeness (QED) is 0.354. The summed E-state index contributed by atoms with van der Waals surface area (Å²) in [5.74, 6) is 1.10. The lowest BCUT2D eigenvalue weighted by atomic mass is 9.96. The highest BCUT2D eigenvalue weighted by molar-refractivity contribution is 6.05. The van der Waals surface area contributed by atoms with Crippen molar-refractivity contribution in [2.24, 2.45) is 0 Å². The van der Waals surface area contributed by atoms with Gasteiger partial charge in [0, 0.05) is 35.9 Å². The van der Waals surface area contributed by atoms with Crippen molar-refractivity contribution in [3.05, 3.63) is 77.4 Å². The van der Waals surface area contributed by atoms with Crippen molar-refractivity contribution in [3.8, 4) is 22.6 Å². The second kappa shape index (κ2) is 11.9. The number of hydrogen-bond acceptors (Lipinski definition) is 4. The fourth-order valence-electron chi connectivity index (χ4n) is 4.42. The minimum atomic E-state index is -0.152. The molecule has 3 aromatic carbocycles. The number of nitrogens with zero attached hydrogens (tertiary/aromatic N) is 1. The smallest absolute Gasteiger partial charge is 0.255 e. The van der Waals surface area contributed by atoms with Crippen LogP contribution in [0.15, 0.2) is 60.7 Å². The van der Waals surface area contributed by atoms with Gasteiger partial charge in [-0.05, 0) is 82.0 Å². The van der Waals surface area contributed by atoms with Gasteiger partial charge in [0.25, 0.3) is 5.91 Å². The van der Waals surface area contributed by atoms with Gasteiger partial charge in [-0.1, -0.05) is 36.4 Å². The van der Waals surface area contributed by atoms with E-state index in [1.165, 1.54) is 11.1 Å². The van der Waals surface area contributed by atoms with E-state index in [2.05, 4.69) is 63.0 Å². The topological polar surface area (TPSA) is 50.8 Å². The highest BCUT2D eigenvalue weighted by Crippen LogP contribution is 2.31. The summed E-state index contributed by atoms with van der Waals surface area (Å²) in [5.41, 5.74) is 5.72. The number of anilines is 1. The third kappa shape index (κ3) is 6.64. The molecular formula is C30H38N2O3. The lowest BCUT2D eigenvalue weighted by Crippen LogP contribution is -2.39. The molecule has 0 heterocycles. The molecular weight excluding hydrogens is 436 g/mol. The van der Waals surface area contributed by atoms with Gasteiger partial charge in [0.15, 0.2) is 11.5 Å². The summed E-state index contributed by atoms with van der Waals surface area (Å²) in [6.45, 7) is 14.1. The number of hydrogen-bond donors (Lipinski definition) is 1. The minimum absolute atomic E-state index is 0.152. The Bertz CT molecular complexity index is 1150. The lowest BCUT2D eigenvalue weighted by Gasteiger charge is -2.30. The Morgan fingerprint density at radius 2 is 1.60 bits per heavy atom. The first-order chi connectivity index (χ1) is 16.7. The average molecular weight is 475 g/mol. The van der Waals surface area contributed by atoms with E-state index in [9.17, 15) is 4.79 Å². The molecule has 5 heteroatoms. The molecule has 186 valence electrons. The highest BCUT2D eigenvalue weighted by atomic mass is 16.5. The summed E-state index contributed by atoms with van der Waals surface area (Å²) in [4.78, 5) is 15.5. The first-order valence-electron chi connectivity index (χ1n) is 12.3. The molecule has 0 spiro atoms. The van der Waals surface area contributed by atoms with Crippen LogP contribution in [0.3, 0.4) is 0 Å². The molecule has 0 aliphatic carbocycles. The molecule has 0 saturated carbocycles. The Labute approximate surface area is 210 Å². The SMILES string of the molecule is COc1ccc(NC(=O)c2ccc(-c3ccccc3C)cc2C)cc1OCCN(C(C)C)C(C)C. The van der Waals surface area contributed by atoms with Gasteiger partial charge in [-0.3, -0.25) is 9.69 Å². The second-order valence-corrected chi connectivity index (χ2v) is 9.44. The van der Waals surface area contributed by atoms with Crippen LogP contribution in [0.1, 0.15) is 49.2 Å². The molecule has 35 heavy (non-hydrogen) atoms. The number of amides is 1. The molecule has 0 fully saturated rings. The molecule has 0 radical (unpaired) electrons. The van der Waals surface area contributed by atoms with Crippen molar-refractivity contribution in [1.82, 2.24) is 4.90 Å². The van der Waals surface area contributed by atoms with E-state index in [-0.39, 0.29) is 5.91 Å². The average Bonchev–Trinajstić information content (AvgIpc) is 2.81. The van der Waals surface area contributed by atoms with Crippen LogP contribution in [0.2, 0.25) is 0 Å². The summed E-state index contributed by atoms with van der Waals surface area (Å²) in [6.07, 6.45) is 0. The number of ether oxygens (including phenoxy) is 2. The second-order valence-electron chi connectivity index (χ2n) is 9.44. The molecule has 0 bridgehead atoms. The molecule has 1 N–H and O–H groups in total. The van der Waals surface area contributed by atoms with Crippen molar-refractivity contribution in [2.75, 3.05) is 25.6 Å². The number of carbonyl (C=O) groups excluding carboxylic acids is 1. The van der Waals surface area contributed by atoms with E-state index in [4.69, 9.17) is 9.47 Å². The summed E-state index contributed by atoms with van der Waals surface area (Å²) >= 11 is 0. The van der Waals surface area contributed by atoms with Crippen molar-refractivity contribution >= 4 is 11.6 Å². The zero-order valence-corrected chi connectivity index (χ0v) is 22.0. The van der Waals surface area contributed by atoms with Gasteiger partial charge in [-0.2, -0.15) is 0 Å². The largest absolute Gasteiger partial charge is 0.493 e. The van der Waals surface area contributed by atoms with E-state index in [1.54, 1.807) is 7.11 Å². The normalized spacial score (nSPS) is 11.3. The number of benzene rings is 3. The summed E-state index contributed by atoms with van der Waals surface area (Å²) in [6, 6.07) is 20.6. The Morgan fingerprint density at radius 1 is 0.886 bits per heavy atom. The van der Waals surface area contributed by atoms with E-state index in [0.717, 1.165) is 17.7 Å². The number of aryl methyl sites for hydroxylation is 2. The van der Waals surface area contributed by atoms with Crippen LogP contribution in [0.4, 0.5) is 5.69 Å². The molecule has 0 unspecified atom stereocenters. The Morgan fingerprint density at radius 3 is 2.23 bits per heavy atom. The molecule has 0 aliphatic heterocycles. The first-order valence-corrected chi connectivity index (χ1v) is 12.3. The van der Waals surface area contributed by atoms with Gasteiger partial charge < -0.3 is 14.8 Å². The number of carbonyl (C=O) groups is 1. The lowest BCUT2D eigenvalue weighted by molar-refractivity contribution is 0.102. The zero-order valence-electron chi connectivity index (χ0n) is 22.0. The molecule has 0 atom stereocenters. The van der Waals surface area contributed by atoms with Crippen LogP contribution in [-0.4, -0.2) is 43.2 Å². The molecule has 0 aliphatic rings. The predicted octanol–water partition coefficient (Wildman–Crippen LogP) is 6.73. The maximum atomic E-state index is 13.1. The van der Waals surface area contributed by atoms with Crippen molar-refractivity contribution in [2.45, 2.75) is 53.6 Å². The molecule has 0 aromatic heterocycles. The van der Waals surface area contributed by atoms with Crippen molar-refractivity contribution < 1.29 is 14.3 Å². The molecule has 5 nitrogen and oxygen atoms in total. The first kappa shape index (κ1) is 26.3. The van der Waals surface area contributed by atoms with Gasteiger partial charge in [-0.25, -0.2) is 0 Å². The maximum absolute atomic E-state index is 13.1. The monoisotopic (exact) mass is 474 g/mol. The number of rotatable bonds is 10. The number of nitrogens with one attached hydrogen (secondary N) is 1. The Balaban J connectivity index is 1.73. The van der Waals surface area contributed by atoms with E-state index >= 15 is 0 Å². The Hall–Kier alpha value is -3.31. The van der Waals surface area contributed by atoms with Crippen LogP contribution in [0, 0.1) is 13.8 Å². The highest BCUT2D eigenvalue weighted by Gasteiger charge is 2.15. The van der Waals surface area contributed by atoms with Crippen LogP contribution >= 0.6 is 0 Å². The van der Waals surface area contributed by atoms with E-state index < -0.39 is 0 Å². The zero-order chi connectivity index (χ0) is 25.5. The van der Waals surface area contributed by atoms with Crippen molar-refractivity contribution in [3.63, 3.8) is 0 Å². The van der Waals surface area contributed by atoms with Gasteiger partial charge in [0.2, 0.25) is 0 Å². The summed E-state index contributed by atoms with van der Waals surface area (Å²) < 4.78 is 11.5. The van der Waals surface area contributed by atoms with E-state index in [0.29, 0.717) is 41.4 Å². The van der Waals surface area contributed by atoms with E-state index in [1.807, 2.05) is 49.4 Å². The van der Waals surface area contributed by atoms with Crippen molar-refractivity contribution in [1.29, 1.82) is 0 Å². The van der Waals surface area contributed by atoms with Gasteiger partial charge in [-0.15, -0.1) is 0 Å². The molecule has 0 saturated heterocycles. The van der Waals surface area contributed by atoms with Crippen LogP contribution < -0.4 is 14.8 Å². The van der Waals surface area contributed by atoms with Crippen LogP contribution in [-0.2, 0) is 0 Å². The molecule has 3 rings (SSSR count). The van der Waals surface area contributed by atoms with Gasteiger partial charge in [0.1, 0.15) is 6.61 Å². The number of methoxy groups -OCH3 is 1. The van der Waals surface area contributed by atoms with Crippen LogP contribution in [0.5, 0.6) is 11.5 Å². The third-order valence-electron chi connectivity index (χ3n) is 6.28. The maximum Gasteiger partial charge on any atom is 0.255 e. The summed E-state index contributed by atoms with van der Waals surface area (Å²) in [5, 5.41) is 3.01. The Kier molecular flexibility index (Phi) is 8.94. The molecule has 1 amide bonds. The van der Waals surface area contributed by atoms with Gasteiger partial charge in [0.05, 0.1) is 7.11 Å². The van der Waals surface area contributed by atoms with Crippen LogP contribution in [0.25, 0.3) is 11.1 Å². The third-order valence-corrected chi connectivity index (χ3v) is 6.28. The standard InChI is InChI=1S/C30H38N2O3/c1-20(2)32(21(3)4)16-17-35-29-19-25(13-15-28(29)34-7)31-30(33)27-14-12-24(18-23(27)6)26-11-9-8-10-22(26)5/h8-15,18-21H,16-17H2,1-7H3,(H,31,33). The predicted molar refractivity (Wildman–Crippen MR) is 145 cm³/mol. The van der Waals surface area contributed by atoms with Gasteiger partial charge >= 0.3 is 0 Å². The minimum Gasteiger partial charge on any atom is -0.493 e. The fourth-order valence-corrected chi connectivity index (χ4v) is 4.42.